The fourth-order valence-electron chi connectivity index (χ4n) is 2.60. The van der Waals surface area contributed by atoms with Crippen molar-refractivity contribution in [3.8, 4) is 0 Å². The van der Waals surface area contributed by atoms with E-state index in [2.05, 4.69) is 5.32 Å². The molecule has 1 aliphatic rings. The fourth-order valence-corrected chi connectivity index (χ4v) is 2.86. The molecule has 0 atom stereocenters. The van der Waals surface area contributed by atoms with Crippen LogP contribution in [0.15, 0.2) is 48.5 Å². The number of carbonyl (C=O) groups excluding carboxylic acids is 3. The van der Waals surface area contributed by atoms with E-state index in [1.165, 1.54) is 0 Å². The number of nitrogens with one attached hydrogen (secondary N) is 1. The Hall–Kier alpha value is -2.66. The average molecular weight is 343 g/mol. The molecule has 0 saturated carbocycles. The molecule has 3 amide bonds. The van der Waals surface area contributed by atoms with Crippen molar-refractivity contribution in [1.29, 1.82) is 0 Å². The summed E-state index contributed by atoms with van der Waals surface area (Å²) >= 11 is 6.19. The second-order valence-corrected chi connectivity index (χ2v) is 5.91. The van der Waals surface area contributed by atoms with E-state index in [1.807, 2.05) is 30.3 Å². The molecule has 2 aromatic rings. The van der Waals surface area contributed by atoms with Crippen LogP contribution in [-0.2, 0) is 20.8 Å². The third-order valence-corrected chi connectivity index (χ3v) is 4.03. The summed E-state index contributed by atoms with van der Waals surface area (Å²) in [5.41, 5.74) is 1.78. The van der Waals surface area contributed by atoms with Gasteiger partial charge in [0.2, 0.25) is 17.7 Å². The highest BCUT2D eigenvalue weighted by Gasteiger charge is 2.31. The molecule has 1 heterocycles. The number of anilines is 2. The van der Waals surface area contributed by atoms with Crippen molar-refractivity contribution in [3.63, 3.8) is 0 Å². The summed E-state index contributed by atoms with van der Waals surface area (Å²) in [6.45, 7) is 0. The number of imide groups is 1. The predicted octanol–water partition coefficient (Wildman–Crippen LogP) is 3.17. The lowest BCUT2D eigenvalue weighted by atomic mass is 10.1. The molecule has 0 unspecified atom stereocenters. The maximum absolute atomic E-state index is 12.1. The van der Waals surface area contributed by atoms with Crippen molar-refractivity contribution < 1.29 is 14.4 Å². The first-order valence-corrected chi connectivity index (χ1v) is 7.91. The van der Waals surface area contributed by atoms with Crippen LogP contribution in [0.2, 0.25) is 5.02 Å². The van der Waals surface area contributed by atoms with Crippen LogP contribution in [-0.4, -0.2) is 17.7 Å². The van der Waals surface area contributed by atoms with Crippen molar-refractivity contribution in [1.82, 2.24) is 0 Å². The zero-order valence-corrected chi connectivity index (χ0v) is 13.5. The van der Waals surface area contributed by atoms with Crippen molar-refractivity contribution >= 4 is 40.7 Å². The van der Waals surface area contributed by atoms with Gasteiger partial charge in [0.15, 0.2) is 0 Å². The lowest BCUT2D eigenvalue weighted by Crippen LogP contribution is -2.28. The van der Waals surface area contributed by atoms with Gasteiger partial charge in [0, 0.05) is 18.5 Å². The number of carbonyl (C=O) groups is 3. The Kier molecular flexibility index (Phi) is 4.62. The number of halogens is 1. The molecule has 3 rings (SSSR count). The second-order valence-electron chi connectivity index (χ2n) is 5.50. The van der Waals surface area contributed by atoms with Crippen LogP contribution >= 0.6 is 11.6 Å². The van der Waals surface area contributed by atoms with E-state index < -0.39 is 0 Å². The topological polar surface area (TPSA) is 66.5 Å². The third kappa shape index (κ3) is 3.46. The minimum atomic E-state index is -0.261. The van der Waals surface area contributed by atoms with Crippen LogP contribution in [0.4, 0.5) is 11.4 Å². The largest absolute Gasteiger partial charge is 0.326 e. The van der Waals surface area contributed by atoms with Gasteiger partial charge in [-0.1, -0.05) is 41.9 Å². The monoisotopic (exact) mass is 342 g/mol. The number of hydrogen-bond acceptors (Lipinski definition) is 3. The molecule has 1 fully saturated rings. The van der Waals surface area contributed by atoms with Crippen molar-refractivity contribution in [2.75, 3.05) is 10.2 Å². The maximum atomic E-state index is 12.1. The first kappa shape index (κ1) is 16.2. The maximum Gasteiger partial charge on any atom is 0.234 e. The molecule has 0 aromatic heterocycles. The Balaban J connectivity index is 1.72. The normalized spacial score (nSPS) is 14.1. The molecule has 24 heavy (non-hydrogen) atoms. The van der Waals surface area contributed by atoms with Gasteiger partial charge in [-0.25, -0.2) is 4.90 Å². The van der Waals surface area contributed by atoms with E-state index >= 15 is 0 Å². The Morgan fingerprint density at radius 3 is 2.33 bits per heavy atom. The van der Waals surface area contributed by atoms with Gasteiger partial charge in [-0.2, -0.15) is 0 Å². The van der Waals surface area contributed by atoms with Crippen LogP contribution < -0.4 is 10.2 Å². The number of hydrogen-bond donors (Lipinski definition) is 1. The minimum Gasteiger partial charge on any atom is -0.326 e. The van der Waals surface area contributed by atoms with E-state index in [4.69, 9.17) is 11.6 Å². The van der Waals surface area contributed by atoms with Crippen LogP contribution in [0.1, 0.15) is 18.4 Å². The van der Waals surface area contributed by atoms with Gasteiger partial charge in [0.1, 0.15) is 0 Å². The molecule has 0 radical (unpaired) electrons. The van der Waals surface area contributed by atoms with Crippen molar-refractivity contribution in [2.24, 2.45) is 0 Å². The lowest BCUT2D eigenvalue weighted by Gasteiger charge is -2.16. The molecular formula is C18H15ClN2O3. The molecule has 2 aromatic carbocycles. The summed E-state index contributed by atoms with van der Waals surface area (Å²) in [4.78, 5) is 36.7. The van der Waals surface area contributed by atoms with Gasteiger partial charge in [-0.15, -0.1) is 0 Å². The zero-order valence-electron chi connectivity index (χ0n) is 12.8. The van der Waals surface area contributed by atoms with Gasteiger partial charge in [-0.05, 0) is 23.8 Å². The minimum absolute atomic E-state index is 0.168. The molecule has 6 heteroatoms. The van der Waals surface area contributed by atoms with Gasteiger partial charge >= 0.3 is 0 Å². The first-order chi connectivity index (χ1) is 11.5. The van der Waals surface area contributed by atoms with E-state index in [0.29, 0.717) is 11.4 Å². The highest BCUT2D eigenvalue weighted by Crippen LogP contribution is 2.32. The van der Waals surface area contributed by atoms with E-state index in [9.17, 15) is 14.4 Å². The highest BCUT2D eigenvalue weighted by molar-refractivity contribution is 6.36. The number of nitrogens with zero attached hydrogens (tertiary/aromatic N) is 1. The van der Waals surface area contributed by atoms with Gasteiger partial charge < -0.3 is 5.32 Å². The summed E-state index contributed by atoms with van der Waals surface area (Å²) in [5.74, 6) is -0.691. The molecule has 122 valence electrons. The van der Waals surface area contributed by atoms with E-state index in [0.717, 1.165) is 10.5 Å². The Morgan fingerprint density at radius 1 is 1.04 bits per heavy atom. The molecule has 0 aliphatic carbocycles. The standard InChI is InChI=1S/C18H15ClN2O3/c19-14-11-13(20-16(22)10-12-4-2-1-3-5-12)6-7-15(14)21-17(23)8-9-18(21)24/h1-7,11H,8-10H2,(H,20,22). The molecule has 1 N–H and O–H groups in total. The van der Waals surface area contributed by atoms with Crippen LogP contribution in [0.5, 0.6) is 0 Å². The molecule has 0 bridgehead atoms. The molecule has 1 saturated heterocycles. The number of benzene rings is 2. The summed E-state index contributed by atoms with van der Waals surface area (Å²) in [5, 5.41) is 3.01. The van der Waals surface area contributed by atoms with Gasteiger partial charge in [0.05, 0.1) is 17.1 Å². The quantitative estimate of drug-likeness (QED) is 0.868. The summed E-state index contributed by atoms with van der Waals surface area (Å²) in [7, 11) is 0. The first-order valence-electron chi connectivity index (χ1n) is 7.54. The van der Waals surface area contributed by atoms with Crippen LogP contribution in [0, 0.1) is 0 Å². The fraction of sp³-hybridized carbons (Fsp3) is 0.167. The van der Waals surface area contributed by atoms with Crippen LogP contribution in [0.25, 0.3) is 0 Å². The van der Waals surface area contributed by atoms with E-state index in [-0.39, 0.29) is 42.0 Å². The smallest absolute Gasteiger partial charge is 0.234 e. The van der Waals surface area contributed by atoms with E-state index in [1.54, 1.807) is 18.2 Å². The molecular weight excluding hydrogens is 328 g/mol. The third-order valence-electron chi connectivity index (χ3n) is 3.73. The number of rotatable bonds is 4. The lowest BCUT2D eigenvalue weighted by molar-refractivity contribution is -0.121. The highest BCUT2D eigenvalue weighted by atomic mass is 35.5. The number of amides is 3. The average Bonchev–Trinajstić information content (AvgIpc) is 2.88. The summed E-state index contributed by atoms with van der Waals surface area (Å²) < 4.78 is 0. The van der Waals surface area contributed by atoms with Crippen molar-refractivity contribution in [2.45, 2.75) is 19.3 Å². The Morgan fingerprint density at radius 2 is 1.71 bits per heavy atom. The van der Waals surface area contributed by atoms with Crippen molar-refractivity contribution in [3.05, 3.63) is 59.1 Å². The SMILES string of the molecule is O=C(Cc1ccccc1)Nc1ccc(N2C(=O)CCC2=O)c(Cl)c1. The predicted molar refractivity (Wildman–Crippen MR) is 92.0 cm³/mol. The molecule has 0 spiro atoms. The van der Waals surface area contributed by atoms with Gasteiger partial charge in [0.25, 0.3) is 0 Å². The molecule has 1 aliphatic heterocycles. The Labute approximate surface area is 144 Å². The van der Waals surface area contributed by atoms with Crippen LogP contribution in [0.3, 0.4) is 0 Å². The second kappa shape index (κ2) is 6.84. The van der Waals surface area contributed by atoms with Gasteiger partial charge in [-0.3, -0.25) is 14.4 Å². The Bertz CT molecular complexity index is 789. The summed E-state index contributed by atoms with van der Waals surface area (Å²) in [6.07, 6.45) is 0.652. The molecule has 5 nitrogen and oxygen atoms in total. The zero-order chi connectivity index (χ0) is 17.1. The summed E-state index contributed by atoms with van der Waals surface area (Å²) in [6, 6.07) is 14.1.